The summed E-state index contributed by atoms with van der Waals surface area (Å²) < 4.78 is 107. The second kappa shape index (κ2) is 17.0. The van der Waals surface area contributed by atoms with Crippen LogP contribution in [0.5, 0.6) is 0 Å². The molecule has 1 unspecified atom stereocenters. The highest BCUT2D eigenvalue weighted by atomic mass is 19.4. The summed E-state index contributed by atoms with van der Waals surface area (Å²) in [6.45, 7) is 6.22. The Kier molecular flexibility index (Phi) is 14.8. The second-order valence-corrected chi connectivity index (χ2v) is 9.60. The minimum atomic E-state index is -5.08. The van der Waals surface area contributed by atoms with E-state index in [4.69, 9.17) is 39.2 Å². The minimum absolute atomic E-state index is 0.0309. The van der Waals surface area contributed by atoms with E-state index in [1.807, 2.05) is 37.4 Å². The number of carbonyl (C=O) groups is 3. The number of nitrogens with zero attached hydrogens (tertiary/aromatic N) is 3. The Morgan fingerprint density at radius 3 is 1.80 bits per heavy atom. The van der Waals surface area contributed by atoms with E-state index < -0.39 is 36.4 Å². The van der Waals surface area contributed by atoms with Crippen LogP contribution in [0.2, 0.25) is 0 Å². The van der Waals surface area contributed by atoms with Crippen LogP contribution in [-0.2, 0) is 37.0 Å². The zero-order valence-corrected chi connectivity index (χ0v) is 23.7. The SMILES string of the molecule is Cc1cccc(CN2CC3(CC(OCc4ccccn4)CCO3)C2)n1.O=C(O)C(F)(F)F.O=C(O)C(F)(F)F.O=C(O)C(F)(F)F. The maximum atomic E-state index is 10.6. The first-order chi connectivity index (χ1) is 21.0. The molecule has 258 valence electrons. The molecule has 2 aromatic heterocycles. The van der Waals surface area contributed by atoms with Gasteiger partial charge in [0.1, 0.15) is 0 Å². The Hall–Kier alpha value is -4.04. The largest absolute Gasteiger partial charge is 0.490 e. The number of likely N-dealkylation sites (tertiary alicyclic amines) is 1. The van der Waals surface area contributed by atoms with Crippen LogP contribution in [0.4, 0.5) is 39.5 Å². The number of carboxylic acids is 3. The molecule has 0 aliphatic carbocycles. The zero-order valence-electron chi connectivity index (χ0n) is 23.7. The van der Waals surface area contributed by atoms with Gasteiger partial charge in [-0.15, -0.1) is 0 Å². The van der Waals surface area contributed by atoms with Gasteiger partial charge in [-0.2, -0.15) is 39.5 Å². The van der Waals surface area contributed by atoms with Crippen molar-refractivity contribution in [1.29, 1.82) is 0 Å². The number of hydrogen-bond donors (Lipinski definition) is 3. The van der Waals surface area contributed by atoms with Crippen molar-refractivity contribution in [2.45, 2.75) is 63.2 Å². The fourth-order valence-corrected chi connectivity index (χ4v) is 3.83. The molecule has 2 aliphatic heterocycles. The maximum absolute atomic E-state index is 10.6. The molecule has 20 heteroatoms. The summed E-state index contributed by atoms with van der Waals surface area (Å²) in [5, 5.41) is 21.4. The van der Waals surface area contributed by atoms with Crippen molar-refractivity contribution in [2.24, 2.45) is 0 Å². The highest BCUT2D eigenvalue weighted by Crippen LogP contribution is 2.36. The summed E-state index contributed by atoms with van der Waals surface area (Å²) >= 11 is 0. The Morgan fingerprint density at radius 2 is 1.37 bits per heavy atom. The lowest BCUT2D eigenvalue weighted by Crippen LogP contribution is -2.65. The number of aromatic nitrogens is 2. The molecule has 1 spiro atoms. The number of aliphatic carboxylic acids is 3. The fourth-order valence-electron chi connectivity index (χ4n) is 3.83. The van der Waals surface area contributed by atoms with Crippen LogP contribution in [0, 0.1) is 6.92 Å². The third-order valence-electron chi connectivity index (χ3n) is 5.72. The molecule has 11 nitrogen and oxygen atoms in total. The van der Waals surface area contributed by atoms with Gasteiger partial charge in [0.15, 0.2) is 0 Å². The molecule has 4 rings (SSSR count). The summed E-state index contributed by atoms with van der Waals surface area (Å²) in [5.74, 6) is -8.27. The quantitative estimate of drug-likeness (QED) is 0.378. The van der Waals surface area contributed by atoms with Crippen LogP contribution in [-0.4, -0.2) is 98.0 Å². The predicted octanol–water partition coefficient (Wildman–Crippen LogP) is 4.64. The number of rotatable bonds is 5. The summed E-state index contributed by atoms with van der Waals surface area (Å²) in [6.07, 6.45) is -11.2. The standard InChI is InChI=1S/C20H25N3O2.3C2HF3O2/c1-16-5-4-7-17(22-16)12-23-14-20(15-23)11-19(8-10-25-20)24-13-18-6-2-3-9-21-18;3*3-2(4,5)1(6)7/h2-7,9,19H,8,10-15H2,1H3;3*(H,6,7). The molecule has 4 heterocycles. The van der Waals surface area contributed by atoms with E-state index in [1.54, 1.807) is 0 Å². The van der Waals surface area contributed by atoms with Gasteiger partial charge in [-0.1, -0.05) is 12.1 Å². The van der Waals surface area contributed by atoms with Crippen molar-refractivity contribution in [2.75, 3.05) is 19.7 Å². The number of aryl methyl sites for hydroxylation is 1. The van der Waals surface area contributed by atoms with E-state index in [2.05, 4.69) is 27.0 Å². The zero-order chi connectivity index (χ0) is 35.3. The third-order valence-corrected chi connectivity index (χ3v) is 5.72. The molecule has 0 saturated carbocycles. The van der Waals surface area contributed by atoms with Crippen molar-refractivity contribution in [3.05, 3.63) is 59.7 Å². The summed E-state index contributed by atoms with van der Waals surface area (Å²) in [5.41, 5.74) is 3.17. The molecule has 46 heavy (non-hydrogen) atoms. The Morgan fingerprint density at radius 1 is 0.870 bits per heavy atom. The first-order valence-corrected chi connectivity index (χ1v) is 12.7. The van der Waals surface area contributed by atoms with Crippen LogP contribution < -0.4 is 0 Å². The lowest BCUT2D eigenvalue weighted by Gasteiger charge is -2.53. The van der Waals surface area contributed by atoms with Gasteiger partial charge in [-0.3, -0.25) is 14.9 Å². The molecule has 1 atom stereocenters. The smallest absolute Gasteiger partial charge is 0.475 e. The van der Waals surface area contributed by atoms with Gasteiger partial charge in [0.25, 0.3) is 0 Å². The lowest BCUT2D eigenvalue weighted by atomic mass is 9.84. The second-order valence-electron chi connectivity index (χ2n) is 9.60. The number of halogens is 9. The molecule has 0 bridgehead atoms. The van der Waals surface area contributed by atoms with Crippen LogP contribution in [0.25, 0.3) is 0 Å². The average molecular weight is 682 g/mol. The van der Waals surface area contributed by atoms with Crippen LogP contribution in [0.1, 0.15) is 29.9 Å². The fraction of sp³-hybridized carbons (Fsp3) is 0.500. The molecule has 2 saturated heterocycles. The monoisotopic (exact) mass is 681 g/mol. The highest BCUT2D eigenvalue weighted by Gasteiger charge is 2.47. The molecule has 0 aromatic carbocycles. The van der Waals surface area contributed by atoms with Gasteiger partial charge in [-0.25, -0.2) is 14.4 Å². The van der Waals surface area contributed by atoms with Gasteiger partial charge < -0.3 is 24.8 Å². The number of pyridine rings is 2. The van der Waals surface area contributed by atoms with Crippen molar-refractivity contribution < 1.29 is 78.7 Å². The molecule has 2 aliphatic rings. The van der Waals surface area contributed by atoms with Gasteiger partial charge >= 0.3 is 36.4 Å². The summed E-state index contributed by atoms with van der Waals surface area (Å²) in [7, 11) is 0. The van der Waals surface area contributed by atoms with Crippen LogP contribution >= 0.6 is 0 Å². The summed E-state index contributed by atoms with van der Waals surface area (Å²) in [4.78, 5) is 38.0. The molecular formula is C26H28F9N3O8. The Balaban J connectivity index is 0.000000413. The van der Waals surface area contributed by atoms with E-state index in [9.17, 15) is 39.5 Å². The van der Waals surface area contributed by atoms with Gasteiger partial charge in [0.05, 0.1) is 29.7 Å². The predicted molar refractivity (Wildman–Crippen MR) is 136 cm³/mol. The summed E-state index contributed by atoms with van der Waals surface area (Å²) in [6, 6.07) is 12.1. The topological polar surface area (TPSA) is 159 Å². The number of hydrogen-bond acceptors (Lipinski definition) is 8. The van der Waals surface area contributed by atoms with Crippen LogP contribution in [0.3, 0.4) is 0 Å². The van der Waals surface area contributed by atoms with Crippen LogP contribution in [0.15, 0.2) is 42.6 Å². The van der Waals surface area contributed by atoms with E-state index in [-0.39, 0.29) is 11.7 Å². The third kappa shape index (κ3) is 15.3. The molecule has 3 N–H and O–H groups in total. The first kappa shape index (κ1) is 40.0. The van der Waals surface area contributed by atoms with E-state index in [0.717, 1.165) is 56.2 Å². The maximum Gasteiger partial charge on any atom is 0.490 e. The molecule has 2 fully saturated rings. The first-order valence-electron chi connectivity index (χ1n) is 12.7. The van der Waals surface area contributed by atoms with E-state index in [0.29, 0.717) is 6.61 Å². The number of alkyl halides is 9. The number of carboxylic acid groups (broad SMARTS) is 3. The van der Waals surface area contributed by atoms with E-state index >= 15 is 0 Å². The molecule has 0 amide bonds. The molecular weight excluding hydrogens is 653 g/mol. The van der Waals surface area contributed by atoms with Gasteiger partial charge in [0, 0.05) is 44.6 Å². The van der Waals surface area contributed by atoms with Gasteiger partial charge in [0.2, 0.25) is 0 Å². The molecule has 2 aromatic rings. The normalized spacial score (nSPS) is 17.5. The van der Waals surface area contributed by atoms with Crippen molar-refractivity contribution in [1.82, 2.24) is 14.9 Å². The lowest BCUT2D eigenvalue weighted by molar-refractivity contribution is -0.200. The molecule has 0 radical (unpaired) electrons. The van der Waals surface area contributed by atoms with Gasteiger partial charge in [-0.05, 0) is 37.6 Å². The Bertz CT molecular complexity index is 1210. The van der Waals surface area contributed by atoms with Crippen molar-refractivity contribution in [3.8, 4) is 0 Å². The number of ether oxygens (including phenoxy) is 2. The Labute approximate surface area is 254 Å². The van der Waals surface area contributed by atoms with Crippen molar-refractivity contribution >= 4 is 17.9 Å². The van der Waals surface area contributed by atoms with Crippen molar-refractivity contribution in [3.63, 3.8) is 0 Å². The average Bonchev–Trinajstić information content (AvgIpc) is 2.91. The highest BCUT2D eigenvalue weighted by molar-refractivity contribution is 5.73. The minimum Gasteiger partial charge on any atom is -0.475 e. The van der Waals surface area contributed by atoms with E-state index in [1.165, 1.54) is 0 Å².